The van der Waals surface area contributed by atoms with Gasteiger partial charge in [-0.25, -0.2) is 0 Å². The van der Waals surface area contributed by atoms with E-state index in [4.69, 9.17) is 0 Å². The molecule has 0 saturated heterocycles. The second-order valence-electron chi connectivity index (χ2n) is 4.32. The fourth-order valence-electron chi connectivity index (χ4n) is 1.37. The molecule has 1 unspecified atom stereocenters. The van der Waals surface area contributed by atoms with Crippen LogP contribution in [0.4, 0.5) is 0 Å². The Morgan fingerprint density at radius 1 is 1.46 bits per heavy atom. The summed E-state index contributed by atoms with van der Waals surface area (Å²) in [4.78, 5) is 10.9. The van der Waals surface area contributed by atoms with Gasteiger partial charge >= 0.3 is 5.97 Å². The lowest BCUT2D eigenvalue weighted by molar-refractivity contribution is -0.140. The van der Waals surface area contributed by atoms with Crippen molar-refractivity contribution < 1.29 is 9.53 Å². The number of esters is 1. The summed E-state index contributed by atoms with van der Waals surface area (Å²) >= 11 is 0. The average Bonchev–Trinajstić information content (AvgIpc) is 2.02. The Labute approximate surface area is 80.8 Å². The van der Waals surface area contributed by atoms with Crippen LogP contribution in [0.25, 0.3) is 0 Å². The van der Waals surface area contributed by atoms with Gasteiger partial charge < -0.3 is 10.1 Å². The van der Waals surface area contributed by atoms with Crippen molar-refractivity contribution >= 4 is 5.97 Å². The predicted molar refractivity (Wildman–Crippen MR) is 53.6 cm³/mol. The molecule has 0 spiro atoms. The fourth-order valence-corrected chi connectivity index (χ4v) is 1.37. The van der Waals surface area contributed by atoms with E-state index in [0.29, 0.717) is 12.5 Å². The molecular weight excluding hydrogens is 166 g/mol. The molecule has 0 rings (SSSR count). The minimum Gasteiger partial charge on any atom is -0.469 e. The monoisotopic (exact) mass is 187 g/mol. The van der Waals surface area contributed by atoms with Crippen molar-refractivity contribution in [3.63, 3.8) is 0 Å². The summed E-state index contributed by atoms with van der Waals surface area (Å²) in [6.07, 6.45) is 1.31. The second-order valence-corrected chi connectivity index (χ2v) is 4.32. The molecule has 0 heterocycles. The SMILES string of the molecule is CNC(CCC(=O)OC)C(C)(C)C. The molecule has 0 aromatic carbocycles. The molecule has 0 fully saturated rings. The Morgan fingerprint density at radius 2 is 2.00 bits per heavy atom. The predicted octanol–water partition coefficient (Wildman–Crippen LogP) is 1.57. The first kappa shape index (κ1) is 12.4. The van der Waals surface area contributed by atoms with E-state index in [1.807, 2.05) is 7.05 Å². The lowest BCUT2D eigenvalue weighted by atomic mass is 9.84. The standard InChI is InChI=1S/C10H21NO2/c1-10(2,3)8(11-4)6-7-9(12)13-5/h8,11H,6-7H2,1-5H3. The quantitative estimate of drug-likeness (QED) is 0.679. The smallest absolute Gasteiger partial charge is 0.305 e. The number of carbonyl (C=O) groups is 1. The molecular formula is C10H21NO2. The molecule has 0 aromatic rings. The third kappa shape index (κ3) is 4.88. The minimum atomic E-state index is -0.135. The van der Waals surface area contributed by atoms with Crippen LogP contribution >= 0.6 is 0 Å². The van der Waals surface area contributed by atoms with E-state index < -0.39 is 0 Å². The van der Waals surface area contributed by atoms with Crippen LogP contribution in [-0.4, -0.2) is 26.2 Å². The van der Waals surface area contributed by atoms with E-state index in [1.165, 1.54) is 7.11 Å². The van der Waals surface area contributed by atoms with Gasteiger partial charge in [-0.1, -0.05) is 20.8 Å². The van der Waals surface area contributed by atoms with Crippen LogP contribution in [-0.2, 0) is 9.53 Å². The highest BCUT2D eigenvalue weighted by Gasteiger charge is 2.23. The molecule has 0 aliphatic rings. The van der Waals surface area contributed by atoms with Crippen LogP contribution in [0.1, 0.15) is 33.6 Å². The van der Waals surface area contributed by atoms with Crippen LogP contribution < -0.4 is 5.32 Å². The van der Waals surface area contributed by atoms with Crippen LogP contribution in [0.5, 0.6) is 0 Å². The Morgan fingerprint density at radius 3 is 2.31 bits per heavy atom. The van der Waals surface area contributed by atoms with E-state index in [9.17, 15) is 4.79 Å². The zero-order valence-electron chi connectivity index (χ0n) is 9.31. The molecule has 0 radical (unpaired) electrons. The third-order valence-corrected chi connectivity index (χ3v) is 2.26. The van der Waals surface area contributed by atoms with E-state index in [0.717, 1.165) is 6.42 Å². The lowest BCUT2D eigenvalue weighted by Crippen LogP contribution is -2.38. The van der Waals surface area contributed by atoms with Crippen LogP contribution in [0.2, 0.25) is 0 Å². The van der Waals surface area contributed by atoms with Gasteiger partial charge in [-0.05, 0) is 18.9 Å². The molecule has 3 heteroatoms. The zero-order chi connectivity index (χ0) is 10.5. The van der Waals surface area contributed by atoms with Crippen molar-refractivity contribution in [2.24, 2.45) is 5.41 Å². The van der Waals surface area contributed by atoms with E-state index in [2.05, 4.69) is 30.8 Å². The first-order chi connectivity index (χ1) is 5.91. The molecule has 1 atom stereocenters. The Balaban J connectivity index is 3.93. The molecule has 13 heavy (non-hydrogen) atoms. The Bertz CT molecular complexity index is 161. The average molecular weight is 187 g/mol. The maximum absolute atomic E-state index is 10.9. The van der Waals surface area contributed by atoms with Gasteiger partial charge in [0.15, 0.2) is 0 Å². The van der Waals surface area contributed by atoms with Gasteiger partial charge in [0.2, 0.25) is 0 Å². The number of hydrogen-bond acceptors (Lipinski definition) is 3. The highest BCUT2D eigenvalue weighted by Crippen LogP contribution is 2.22. The summed E-state index contributed by atoms with van der Waals surface area (Å²) in [5.74, 6) is -0.135. The number of methoxy groups -OCH3 is 1. The first-order valence-corrected chi connectivity index (χ1v) is 4.66. The van der Waals surface area contributed by atoms with Crippen molar-refractivity contribution in [3.8, 4) is 0 Å². The molecule has 1 N–H and O–H groups in total. The van der Waals surface area contributed by atoms with Crippen LogP contribution in [0.15, 0.2) is 0 Å². The number of hydrogen-bond donors (Lipinski definition) is 1. The Kier molecular flexibility index (Phi) is 4.99. The molecule has 0 aliphatic heterocycles. The van der Waals surface area contributed by atoms with E-state index in [1.54, 1.807) is 0 Å². The minimum absolute atomic E-state index is 0.135. The van der Waals surface area contributed by atoms with Gasteiger partial charge in [0.05, 0.1) is 7.11 Å². The number of nitrogens with one attached hydrogen (secondary N) is 1. The third-order valence-electron chi connectivity index (χ3n) is 2.26. The summed E-state index contributed by atoms with van der Waals surface area (Å²) < 4.78 is 4.59. The Hall–Kier alpha value is -0.570. The zero-order valence-corrected chi connectivity index (χ0v) is 9.31. The van der Waals surface area contributed by atoms with Gasteiger partial charge in [-0.2, -0.15) is 0 Å². The van der Waals surface area contributed by atoms with Crippen molar-refractivity contribution in [2.75, 3.05) is 14.2 Å². The molecule has 0 aromatic heterocycles. The van der Waals surface area contributed by atoms with Gasteiger partial charge in [0.1, 0.15) is 0 Å². The van der Waals surface area contributed by atoms with E-state index in [-0.39, 0.29) is 11.4 Å². The van der Waals surface area contributed by atoms with Crippen molar-refractivity contribution in [1.29, 1.82) is 0 Å². The largest absolute Gasteiger partial charge is 0.469 e. The molecule has 0 saturated carbocycles. The molecule has 0 aliphatic carbocycles. The van der Waals surface area contributed by atoms with Crippen molar-refractivity contribution in [3.05, 3.63) is 0 Å². The highest BCUT2D eigenvalue weighted by molar-refractivity contribution is 5.69. The molecule has 78 valence electrons. The second kappa shape index (κ2) is 5.22. The summed E-state index contributed by atoms with van der Waals surface area (Å²) in [6, 6.07) is 0.353. The van der Waals surface area contributed by atoms with Crippen molar-refractivity contribution in [2.45, 2.75) is 39.7 Å². The van der Waals surface area contributed by atoms with Gasteiger partial charge in [0, 0.05) is 12.5 Å². The topological polar surface area (TPSA) is 38.3 Å². The summed E-state index contributed by atoms with van der Waals surface area (Å²) in [5, 5.41) is 3.21. The molecule has 3 nitrogen and oxygen atoms in total. The van der Waals surface area contributed by atoms with Crippen LogP contribution in [0.3, 0.4) is 0 Å². The number of ether oxygens (including phenoxy) is 1. The van der Waals surface area contributed by atoms with Crippen LogP contribution in [0, 0.1) is 5.41 Å². The summed E-state index contributed by atoms with van der Waals surface area (Å²) in [5.41, 5.74) is 0.183. The summed E-state index contributed by atoms with van der Waals surface area (Å²) in [6.45, 7) is 6.47. The summed E-state index contributed by atoms with van der Waals surface area (Å²) in [7, 11) is 3.35. The lowest BCUT2D eigenvalue weighted by Gasteiger charge is -2.30. The van der Waals surface area contributed by atoms with Gasteiger partial charge in [0.25, 0.3) is 0 Å². The maximum atomic E-state index is 10.9. The molecule has 0 bridgehead atoms. The highest BCUT2D eigenvalue weighted by atomic mass is 16.5. The maximum Gasteiger partial charge on any atom is 0.305 e. The normalized spacial score (nSPS) is 13.9. The first-order valence-electron chi connectivity index (χ1n) is 4.66. The number of rotatable bonds is 4. The number of carbonyl (C=O) groups excluding carboxylic acids is 1. The molecule has 0 amide bonds. The van der Waals surface area contributed by atoms with Gasteiger partial charge in [-0.3, -0.25) is 4.79 Å². The van der Waals surface area contributed by atoms with Crippen molar-refractivity contribution in [1.82, 2.24) is 5.32 Å². The van der Waals surface area contributed by atoms with Gasteiger partial charge in [-0.15, -0.1) is 0 Å². The van der Waals surface area contributed by atoms with E-state index >= 15 is 0 Å². The fraction of sp³-hybridized carbons (Fsp3) is 0.900.